The van der Waals surface area contributed by atoms with Crippen molar-refractivity contribution in [2.24, 2.45) is 0 Å². The molecule has 3 heterocycles. The lowest BCUT2D eigenvalue weighted by Crippen LogP contribution is -2.62. The number of anilines is 8. The number of hydrogen-bond acceptors (Lipinski definition) is 3. The molecule has 0 amide bonds. The second-order valence-electron chi connectivity index (χ2n) is 30.7. The Kier molecular flexibility index (Phi) is 11.3. The summed E-state index contributed by atoms with van der Waals surface area (Å²) in [6.07, 6.45) is 9.46. The number of para-hydroxylation sites is 1. The molecular formula is C75H88BN3. The van der Waals surface area contributed by atoms with Crippen LogP contribution in [0.3, 0.4) is 0 Å². The highest BCUT2D eigenvalue weighted by Gasteiger charge is 2.58. The van der Waals surface area contributed by atoms with E-state index in [0.29, 0.717) is 0 Å². The minimum absolute atomic E-state index is 0.00315. The molecule has 0 radical (unpaired) electrons. The van der Waals surface area contributed by atoms with Crippen molar-refractivity contribution in [3.63, 3.8) is 0 Å². The van der Waals surface area contributed by atoms with Crippen LogP contribution in [0.2, 0.25) is 0 Å². The maximum atomic E-state index is 2.85. The van der Waals surface area contributed by atoms with E-state index in [9.17, 15) is 0 Å². The van der Waals surface area contributed by atoms with Gasteiger partial charge >= 0.3 is 0 Å². The predicted molar refractivity (Wildman–Crippen MR) is 341 cm³/mol. The largest absolute Gasteiger partial charge is 0.334 e. The molecule has 2 atom stereocenters. The minimum atomic E-state index is -0.138. The van der Waals surface area contributed by atoms with E-state index in [1.165, 1.54) is 143 Å². The van der Waals surface area contributed by atoms with Crippen LogP contribution in [0.4, 0.5) is 45.5 Å². The van der Waals surface area contributed by atoms with Crippen molar-refractivity contribution in [2.45, 2.75) is 213 Å². The van der Waals surface area contributed by atoms with Crippen LogP contribution in [-0.2, 0) is 37.9 Å². The summed E-state index contributed by atoms with van der Waals surface area (Å²) in [5.41, 5.74) is 28.6. The minimum Gasteiger partial charge on any atom is -0.334 e. The van der Waals surface area contributed by atoms with E-state index in [-0.39, 0.29) is 50.2 Å². The maximum Gasteiger partial charge on any atom is 0.252 e. The highest BCUT2D eigenvalue weighted by Crippen LogP contribution is 2.62. The Morgan fingerprint density at radius 3 is 1.41 bits per heavy atom. The van der Waals surface area contributed by atoms with Gasteiger partial charge in [-0.15, -0.1) is 0 Å². The van der Waals surface area contributed by atoms with Crippen molar-refractivity contribution in [3.05, 3.63) is 172 Å². The molecule has 3 aliphatic heterocycles. The lowest BCUT2D eigenvalue weighted by atomic mass is 9.32. The van der Waals surface area contributed by atoms with Crippen LogP contribution in [0.25, 0.3) is 11.1 Å². The molecule has 79 heavy (non-hydrogen) atoms. The molecular weight excluding hydrogens is 954 g/mol. The van der Waals surface area contributed by atoms with Crippen LogP contribution in [0.5, 0.6) is 0 Å². The molecule has 0 N–H and O–H groups in total. The Bertz CT molecular complexity index is 3670. The van der Waals surface area contributed by atoms with Gasteiger partial charge in [-0.3, -0.25) is 0 Å². The van der Waals surface area contributed by atoms with Crippen LogP contribution in [0.15, 0.2) is 127 Å². The summed E-state index contributed by atoms with van der Waals surface area (Å²) >= 11 is 0. The molecule has 7 aromatic carbocycles. The highest BCUT2D eigenvalue weighted by atomic mass is 15.3. The van der Waals surface area contributed by atoms with Crippen LogP contribution >= 0.6 is 0 Å². The molecule has 13 rings (SSSR count). The van der Waals surface area contributed by atoms with Crippen molar-refractivity contribution in [1.82, 2.24) is 0 Å². The Balaban J connectivity index is 1.23. The van der Waals surface area contributed by atoms with Crippen LogP contribution in [0.1, 0.15) is 207 Å². The topological polar surface area (TPSA) is 9.72 Å². The van der Waals surface area contributed by atoms with E-state index in [2.05, 4.69) is 260 Å². The molecule has 4 heteroatoms. The van der Waals surface area contributed by atoms with Gasteiger partial charge in [0.1, 0.15) is 0 Å². The molecule has 1 saturated carbocycles. The zero-order chi connectivity index (χ0) is 55.9. The smallest absolute Gasteiger partial charge is 0.252 e. The number of nitrogens with zero attached hydrogens (tertiary/aromatic N) is 3. The number of benzene rings is 7. The van der Waals surface area contributed by atoms with E-state index in [0.717, 1.165) is 25.7 Å². The van der Waals surface area contributed by atoms with E-state index >= 15 is 0 Å². The molecule has 7 aromatic rings. The first-order chi connectivity index (χ1) is 37.1. The van der Waals surface area contributed by atoms with Crippen molar-refractivity contribution in [2.75, 3.05) is 14.7 Å². The standard InChI is InChI=1S/C75H88BN3/c1-47-39-49(68(2,3)4)29-31-60(47)77-63-45-56-54(70(8,9)35-37-72(56,12)13)43-58(63)76-59-44-55-57(73(14,15)38-36-71(55,10)11)46-64(59)78(61-32-30-50(69(5,6)7)40-52(61)48-25-19-18-20-26-48)66-42-51(41-65(77)67(66)76)79-62-28-22-21-27-53(62)74(16)33-23-24-34-75(74,79)17/h18-22,25-32,39-46H,23-24,33-38H2,1-17H3. The van der Waals surface area contributed by atoms with Crippen molar-refractivity contribution in [3.8, 4) is 11.1 Å². The van der Waals surface area contributed by atoms with Crippen molar-refractivity contribution in [1.29, 1.82) is 0 Å². The van der Waals surface area contributed by atoms with Crippen LogP contribution in [-0.4, -0.2) is 12.3 Å². The van der Waals surface area contributed by atoms with Gasteiger partial charge in [0.2, 0.25) is 0 Å². The molecule has 0 spiro atoms. The third-order valence-electron chi connectivity index (χ3n) is 21.8. The highest BCUT2D eigenvalue weighted by molar-refractivity contribution is 7.00. The first-order valence-corrected chi connectivity index (χ1v) is 30.4. The van der Waals surface area contributed by atoms with E-state index < -0.39 is 0 Å². The van der Waals surface area contributed by atoms with Gasteiger partial charge in [0.15, 0.2) is 0 Å². The lowest BCUT2D eigenvalue weighted by molar-refractivity contribution is 0.195. The van der Waals surface area contributed by atoms with Gasteiger partial charge in [-0.1, -0.05) is 196 Å². The second kappa shape index (κ2) is 17.0. The summed E-state index contributed by atoms with van der Waals surface area (Å²) in [7, 11) is 0. The maximum absolute atomic E-state index is 2.85. The summed E-state index contributed by atoms with van der Waals surface area (Å²) in [6, 6.07) is 51.9. The number of fused-ring (bicyclic) bond motifs is 9. The van der Waals surface area contributed by atoms with Gasteiger partial charge in [0.05, 0.1) is 11.2 Å². The SMILES string of the molecule is Cc1cc(C(C)(C)C)ccc1N1c2cc3c(cc2B2c4cc5c(cc4N(c4ccc(C(C)(C)C)cc4-c4ccccc4)c4cc(N6c7ccccc7C7(C)CCCCC67C)cc1c42)C(C)(C)CCC5(C)C)C(C)(C)CCC3(C)C. The fourth-order valence-electron chi connectivity index (χ4n) is 16.3. The second-order valence-corrected chi connectivity index (χ2v) is 30.7. The summed E-state index contributed by atoms with van der Waals surface area (Å²) in [4.78, 5) is 8.41. The van der Waals surface area contributed by atoms with Gasteiger partial charge in [-0.2, -0.15) is 0 Å². The van der Waals surface area contributed by atoms with E-state index in [4.69, 9.17) is 0 Å². The number of aryl methyl sites for hydroxylation is 1. The van der Waals surface area contributed by atoms with Crippen molar-refractivity contribution < 1.29 is 0 Å². The summed E-state index contributed by atoms with van der Waals surface area (Å²) < 4.78 is 0. The fraction of sp³-hybridized carbons (Fsp3) is 0.440. The Morgan fingerprint density at radius 2 is 0.873 bits per heavy atom. The molecule has 0 aromatic heterocycles. The average Bonchev–Trinajstić information content (AvgIpc) is 3.20. The molecule has 1 fully saturated rings. The van der Waals surface area contributed by atoms with E-state index in [1.807, 2.05) is 0 Å². The Morgan fingerprint density at radius 1 is 0.405 bits per heavy atom. The third kappa shape index (κ3) is 7.63. The van der Waals surface area contributed by atoms with Gasteiger partial charge in [-0.05, 0) is 200 Å². The third-order valence-corrected chi connectivity index (χ3v) is 21.8. The first kappa shape index (κ1) is 52.4. The van der Waals surface area contributed by atoms with Crippen LogP contribution in [0, 0.1) is 6.92 Å². The van der Waals surface area contributed by atoms with Gasteiger partial charge in [0.25, 0.3) is 6.71 Å². The molecule has 3 nitrogen and oxygen atoms in total. The summed E-state index contributed by atoms with van der Waals surface area (Å²) in [6.45, 7) is 41.9. The normalized spacial score (nSPS) is 22.7. The monoisotopic (exact) mass is 1040 g/mol. The molecule has 6 aliphatic rings. The molecule has 3 aliphatic carbocycles. The van der Waals surface area contributed by atoms with Gasteiger partial charge in [-0.25, -0.2) is 0 Å². The molecule has 0 saturated heterocycles. The molecule has 0 bridgehead atoms. The lowest BCUT2D eigenvalue weighted by Gasteiger charge is -2.52. The van der Waals surface area contributed by atoms with Gasteiger partial charge < -0.3 is 14.7 Å². The molecule has 2 unspecified atom stereocenters. The van der Waals surface area contributed by atoms with E-state index in [1.54, 1.807) is 0 Å². The zero-order valence-corrected chi connectivity index (χ0v) is 51.2. The first-order valence-electron chi connectivity index (χ1n) is 30.4. The number of rotatable bonds is 4. The fourth-order valence-corrected chi connectivity index (χ4v) is 16.3. The number of hydrogen-bond donors (Lipinski definition) is 0. The quantitative estimate of drug-likeness (QED) is 0.163. The predicted octanol–water partition coefficient (Wildman–Crippen LogP) is 18.8. The Hall–Kier alpha value is -6.00. The Labute approximate surface area is 476 Å². The molecule has 406 valence electrons. The zero-order valence-electron chi connectivity index (χ0n) is 51.2. The summed E-state index contributed by atoms with van der Waals surface area (Å²) in [5.74, 6) is 0. The average molecular weight is 1040 g/mol. The van der Waals surface area contributed by atoms with Crippen LogP contribution < -0.4 is 31.1 Å². The van der Waals surface area contributed by atoms with Gasteiger partial charge in [0, 0.05) is 50.8 Å². The van der Waals surface area contributed by atoms with Crippen molar-refractivity contribution >= 4 is 68.6 Å². The summed E-state index contributed by atoms with van der Waals surface area (Å²) in [5, 5.41) is 0.